The Hall–Kier alpha value is 0.0700. The third kappa shape index (κ3) is 12.8. The first kappa shape index (κ1) is 29.1. The summed E-state index contributed by atoms with van der Waals surface area (Å²) >= 11 is 0. The molecule has 1 N–H and O–H groups in total. The lowest BCUT2D eigenvalue weighted by Crippen LogP contribution is -2.58. The van der Waals surface area contributed by atoms with Gasteiger partial charge >= 0.3 is 7.82 Å². The second-order valence-electron chi connectivity index (χ2n) is 10.6. The number of hydrogen-bond acceptors (Lipinski definition) is 3. The smallest absolute Gasteiger partial charge is 0.324 e. The average Bonchev–Trinajstić information content (AvgIpc) is 3.20. The van der Waals surface area contributed by atoms with E-state index in [0.29, 0.717) is 13.2 Å². The molecular formula is C25H53NO4P+. The zero-order chi connectivity index (χ0) is 23.1. The first-order valence-electron chi connectivity index (χ1n) is 13.2. The topological polar surface area (TPSA) is 55.8 Å². The lowest BCUT2D eigenvalue weighted by Gasteiger charge is -2.43. The second kappa shape index (κ2) is 15.8. The first-order chi connectivity index (χ1) is 14.7. The number of quaternary nitrogens is 1. The predicted molar refractivity (Wildman–Crippen MR) is 131 cm³/mol. The van der Waals surface area contributed by atoms with E-state index in [1.165, 1.54) is 77.0 Å². The number of rotatable bonds is 20. The summed E-state index contributed by atoms with van der Waals surface area (Å²) in [6.45, 7) is 2.87. The molecule has 0 aliphatic heterocycles. The average molecular weight is 463 g/mol. The molecule has 31 heavy (non-hydrogen) atoms. The molecule has 1 aliphatic rings. The third-order valence-corrected chi connectivity index (χ3v) is 8.17. The molecule has 1 unspecified atom stereocenters. The second-order valence-corrected chi connectivity index (χ2v) is 12.1. The maximum absolute atomic E-state index is 12.3. The Kier molecular flexibility index (Phi) is 14.9. The minimum absolute atomic E-state index is 0.0726. The number of phosphoric ester groups is 1. The molecule has 5 nitrogen and oxygen atoms in total. The van der Waals surface area contributed by atoms with Crippen molar-refractivity contribution in [1.82, 2.24) is 0 Å². The van der Waals surface area contributed by atoms with E-state index in [2.05, 4.69) is 28.1 Å². The van der Waals surface area contributed by atoms with Crippen LogP contribution in [-0.4, -0.2) is 49.3 Å². The summed E-state index contributed by atoms with van der Waals surface area (Å²) in [6.07, 6.45) is 22.5. The highest BCUT2D eigenvalue weighted by atomic mass is 31.2. The normalized spacial score (nSPS) is 18.4. The van der Waals surface area contributed by atoms with Crippen LogP contribution in [-0.2, 0) is 13.6 Å². The molecule has 0 aromatic carbocycles. The minimum atomic E-state index is -3.95. The summed E-state index contributed by atoms with van der Waals surface area (Å²) in [5, 5.41) is 0. The zero-order valence-corrected chi connectivity index (χ0v) is 22.1. The summed E-state index contributed by atoms with van der Waals surface area (Å²) < 4.78 is 23.7. The van der Waals surface area contributed by atoms with Gasteiger partial charge < -0.3 is 9.38 Å². The molecule has 1 rings (SSSR count). The molecule has 0 radical (unpaired) electrons. The Labute approximate surface area is 193 Å². The molecule has 0 saturated heterocycles. The summed E-state index contributed by atoms with van der Waals surface area (Å²) in [5.41, 5.74) is -0.0726. The Morgan fingerprint density at radius 2 is 1.16 bits per heavy atom. The highest BCUT2D eigenvalue weighted by Gasteiger charge is 2.47. The highest BCUT2D eigenvalue weighted by molar-refractivity contribution is 7.47. The zero-order valence-electron chi connectivity index (χ0n) is 21.2. The van der Waals surface area contributed by atoms with Crippen molar-refractivity contribution >= 4 is 7.82 Å². The van der Waals surface area contributed by atoms with Gasteiger partial charge in [0.25, 0.3) is 0 Å². The van der Waals surface area contributed by atoms with Gasteiger partial charge in [-0.15, -0.1) is 0 Å². The van der Waals surface area contributed by atoms with Gasteiger partial charge in [-0.2, -0.15) is 0 Å². The van der Waals surface area contributed by atoms with Crippen molar-refractivity contribution in [3.63, 3.8) is 0 Å². The summed E-state index contributed by atoms with van der Waals surface area (Å²) in [4.78, 5) is 10.1. The van der Waals surface area contributed by atoms with Crippen molar-refractivity contribution < 1.29 is 23.0 Å². The third-order valence-electron chi connectivity index (χ3n) is 7.21. The molecule has 0 aromatic heterocycles. The van der Waals surface area contributed by atoms with Crippen LogP contribution in [0.25, 0.3) is 0 Å². The largest absolute Gasteiger partial charge is 0.472 e. The van der Waals surface area contributed by atoms with Gasteiger partial charge in [0.2, 0.25) is 0 Å². The Balaban J connectivity index is 1.98. The van der Waals surface area contributed by atoms with Gasteiger partial charge in [0.1, 0.15) is 12.1 Å². The van der Waals surface area contributed by atoms with Gasteiger partial charge in [0, 0.05) is 12.8 Å². The van der Waals surface area contributed by atoms with E-state index in [4.69, 9.17) is 9.05 Å². The van der Waals surface area contributed by atoms with Crippen molar-refractivity contribution in [1.29, 1.82) is 0 Å². The lowest BCUT2D eigenvalue weighted by atomic mass is 9.95. The van der Waals surface area contributed by atoms with Crippen LogP contribution in [0, 0.1) is 0 Å². The molecule has 0 amide bonds. The van der Waals surface area contributed by atoms with Crippen molar-refractivity contribution in [2.75, 3.05) is 34.4 Å². The number of likely N-dealkylation sites (N-methyl/N-ethyl adjacent to an activating group) is 1. The molecule has 0 spiro atoms. The molecular weight excluding hydrogens is 409 g/mol. The van der Waals surface area contributed by atoms with Crippen LogP contribution < -0.4 is 0 Å². The number of nitrogens with zero attached hydrogens (tertiary/aromatic N) is 1. The fraction of sp³-hybridized carbons (Fsp3) is 1.00. The van der Waals surface area contributed by atoms with E-state index in [1.807, 2.05) is 0 Å². The van der Waals surface area contributed by atoms with E-state index in [0.717, 1.165) is 43.0 Å². The molecule has 186 valence electrons. The van der Waals surface area contributed by atoms with Crippen LogP contribution in [0.2, 0.25) is 0 Å². The molecule has 0 heterocycles. The quantitative estimate of drug-likeness (QED) is 0.115. The van der Waals surface area contributed by atoms with Crippen LogP contribution in [0.15, 0.2) is 0 Å². The van der Waals surface area contributed by atoms with Gasteiger partial charge in [-0.3, -0.25) is 9.05 Å². The predicted octanol–water partition coefficient (Wildman–Crippen LogP) is 7.62. The maximum atomic E-state index is 12.3. The number of unbranched alkanes of at least 4 members (excludes halogenated alkanes) is 13. The van der Waals surface area contributed by atoms with E-state index in [-0.39, 0.29) is 5.54 Å². The molecule has 1 saturated carbocycles. The molecule has 0 aromatic rings. The first-order valence-corrected chi connectivity index (χ1v) is 14.7. The van der Waals surface area contributed by atoms with Gasteiger partial charge in [-0.05, 0) is 19.3 Å². The maximum Gasteiger partial charge on any atom is 0.472 e. The Morgan fingerprint density at radius 3 is 1.58 bits per heavy atom. The van der Waals surface area contributed by atoms with Gasteiger partial charge in [-0.1, -0.05) is 90.4 Å². The van der Waals surface area contributed by atoms with E-state index in [9.17, 15) is 9.46 Å². The number of hydrogen-bond donors (Lipinski definition) is 1. The molecule has 1 fully saturated rings. The fourth-order valence-corrected chi connectivity index (χ4v) is 5.60. The van der Waals surface area contributed by atoms with Crippen LogP contribution in [0.4, 0.5) is 0 Å². The van der Waals surface area contributed by atoms with E-state index in [1.54, 1.807) is 0 Å². The van der Waals surface area contributed by atoms with Crippen LogP contribution in [0.1, 0.15) is 122 Å². The fourth-order valence-electron chi connectivity index (χ4n) is 4.76. The monoisotopic (exact) mass is 462 g/mol. The molecule has 1 aliphatic carbocycles. The highest BCUT2D eigenvalue weighted by Crippen LogP contribution is 2.47. The summed E-state index contributed by atoms with van der Waals surface area (Å²) in [7, 11) is 2.48. The van der Waals surface area contributed by atoms with Gasteiger partial charge in [-0.25, -0.2) is 4.57 Å². The van der Waals surface area contributed by atoms with E-state index >= 15 is 0 Å². The molecule has 1 atom stereocenters. The van der Waals surface area contributed by atoms with Crippen molar-refractivity contribution in [3.05, 3.63) is 0 Å². The van der Waals surface area contributed by atoms with Crippen LogP contribution >= 0.6 is 7.82 Å². The molecule has 6 heteroatoms. The van der Waals surface area contributed by atoms with Crippen molar-refractivity contribution in [3.8, 4) is 0 Å². The summed E-state index contributed by atoms with van der Waals surface area (Å²) in [5.74, 6) is 0. The van der Waals surface area contributed by atoms with Crippen molar-refractivity contribution in [2.24, 2.45) is 0 Å². The molecule has 0 bridgehead atoms. The Bertz CT molecular complexity index is 486. The van der Waals surface area contributed by atoms with E-state index < -0.39 is 7.82 Å². The van der Waals surface area contributed by atoms with Crippen LogP contribution in [0.5, 0.6) is 0 Å². The van der Waals surface area contributed by atoms with Gasteiger partial charge in [0.15, 0.2) is 0 Å². The lowest BCUT2D eigenvalue weighted by molar-refractivity contribution is -0.923. The van der Waals surface area contributed by atoms with Crippen LogP contribution in [0.3, 0.4) is 0 Å². The number of phosphoric acid groups is 1. The SMILES string of the molecule is CCCCCCCCCCCCCCCCOP(=O)(O)OCC1([N+](C)(C)C)CCCC1. The van der Waals surface area contributed by atoms with Crippen molar-refractivity contribution in [2.45, 2.75) is 128 Å². The minimum Gasteiger partial charge on any atom is -0.324 e. The Morgan fingerprint density at radius 1 is 0.742 bits per heavy atom. The van der Waals surface area contributed by atoms with Gasteiger partial charge in [0.05, 0.1) is 27.7 Å². The standard InChI is InChI=1S/C25H52NO4P/c1-5-6-7-8-9-10-11-12-13-14-15-16-17-20-23-29-31(27,28)30-24-25(26(2,3)4)21-18-19-22-25/h5-24H2,1-4H3/p+1. The summed E-state index contributed by atoms with van der Waals surface area (Å²) in [6, 6.07) is 0.